The number of ketones is 2. The number of ether oxygens (including phenoxy) is 3. The second-order valence-corrected chi connectivity index (χ2v) is 6.96. The van der Waals surface area contributed by atoms with E-state index in [4.69, 9.17) is 19.3 Å². The highest BCUT2D eigenvalue weighted by atomic mass is 16.7. The van der Waals surface area contributed by atoms with Crippen LogP contribution in [0.5, 0.6) is 5.75 Å². The molecule has 0 amide bonds. The lowest BCUT2D eigenvalue weighted by Gasteiger charge is -2.15. The topological polar surface area (TPSA) is 102 Å². The van der Waals surface area contributed by atoms with Gasteiger partial charge in [0.25, 0.3) is 0 Å². The van der Waals surface area contributed by atoms with Gasteiger partial charge in [0.05, 0.1) is 6.61 Å². The summed E-state index contributed by atoms with van der Waals surface area (Å²) < 4.78 is 15.6. The third kappa shape index (κ3) is 9.40. The van der Waals surface area contributed by atoms with Gasteiger partial charge in [-0.3, -0.25) is 9.59 Å². The molecule has 170 valence electrons. The molecular formula is C24H32O7. The molecule has 0 radical (unpaired) electrons. The van der Waals surface area contributed by atoms with Gasteiger partial charge in [-0.25, -0.2) is 0 Å². The molecule has 31 heavy (non-hydrogen) atoms. The van der Waals surface area contributed by atoms with Crippen molar-refractivity contribution in [2.75, 3.05) is 26.4 Å². The summed E-state index contributed by atoms with van der Waals surface area (Å²) in [5.41, 5.74) is -0.318. The Morgan fingerprint density at radius 1 is 0.903 bits per heavy atom. The van der Waals surface area contributed by atoms with Crippen LogP contribution in [-0.4, -0.2) is 60.1 Å². The summed E-state index contributed by atoms with van der Waals surface area (Å²) in [6, 6.07) is 15.5. The van der Waals surface area contributed by atoms with Crippen molar-refractivity contribution in [3.05, 3.63) is 65.7 Å². The second-order valence-electron chi connectivity index (χ2n) is 6.96. The fourth-order valence-electron chi connectivity index (χ4n) is 2.46. The van der Waals surface area contributed by atoms with E-state index >= 15 is 0 Å². The Labute approximate surface area is 183 Å². The quantitative estimate of drug-likeness (QED) is 0.415. The molecule has 0 aliphatic heterocycles. The molecule has 0 aliphatic rings. The molecule has 7 nitrogen and oxygen atoms in total. The van der Waals surface area contributed by atoms with Crippen molar-refractivity contribution >= 4 is 11.6 Å². The van der Waals surface area contributed by atoms with E-state index in [1.165, 1.54) is 13.8 Å². The van der Waals surface area contributed by atoms with Crippen molar-refractivity contribution in [2.45, 2.75) is 39.6 Å². The summed E-state index contributed by atoms with van der Waals surface area (Å²) in [6.07, 6.45) is -0.776. The first kappa shape index (κ1) is 26.5. The smallest absolute Gasteiger partial charge is 0.222 e. The number of benzene rings is 2. The summed E-state index contributed by atoms with van der Waals surface area (Å²) in [4.78, 5) is 23.5. The van der Waals surface area contributed by atoms with Crippen LogP contribution in [-0.2, 0) is 9.47 Å². The largest absolute Gasteiger partial charge is 0.491 e. The molecule has 0 saturated heterocycles. The summed E-state index contributed by atoms with van der Waals surface area (Å²) in [6.45, 7) is 7.67. The number of carbonyl (C=O) groups is 2. The van der Waals surface area contributed by atoms with Crippen LogP contribution < -0.4 is 4.74 Å². The van der Waals surface area contributed by atoms with E-state index in [2.05, 4.69) is 0 Å². The number of aliphatic hydroxyl groups is 2. The maximum absolute atomic E-state index is 11.9. The Balaban J connectivity index is 0.000000311. The van der Waals surface area contributed by atoms with Crippen LogP contribution in [0.2, 0.25) is 0 Å². The summed E-state index contributed by atoms with van der Waals surface area (Å²) in [5.74, 6) is 0.127. The van der Waals surface area contributed by atoms with Crippen molar-refractivity contribution in [1.82, 2.24) is 0 Å². The third-order valence-electron chi connectivity index (χ3n) is 3.94. The van der Waals surface area contributed by atoms with Crippen LogP contribution in [0.3, 0.4) is 0 Å². The van der Waals surface area contributed by atoms with Gasteiger partial charge in [-0.2, -0.15) is 0 Å². The van der Waals surface area contributed by atoms with Crippen molar-refractivity contribution in [3.63, 3.8) is 0 Å². The summed E-state index contributed by atoms with van der Waals surface area (Å²) >= 11 is 0. The average molecular weight is 433 g/mol. The minimum atomic E-state index is -1.37. The maximum Gasteiger partial charge on any atom is 0.222 e. The van der Waals surface area contributed by atoms with Crippen LogP contribution in [0.1, 0.15) is 48.4 Å². The molecule has 0 aromatic heterocycles. The van der Waals surface area contributed by atoms with Gasteiger partial charge in [0, 0.05) is 24.3 Å². The highest BCUT2D eigenvalue weighted by Gasteiger charge is 2.25. The maximum atomic E-state index is 11.9. The van der Waals surface area contributed by atoms with E-state index in [-0.39, 0.29) is 24.8 Å². The summed E-state index contributed by atoms with van der Waals surface area (Å²) in [7, 11) is 0. The molecule has 0 fully saturated rings. The Morgan fingerprint density at radius 2 is 1.45 bits per heavy atom. The van der Waals surface area contributed by atoms with E-state index in [1.54, 1.807) is 36.4 Å². The molecule has 2 rings (SSSR count). The zero-order valence-electron chi connectivity index (χ0n) is 18.5. The van der Waals surface area contributed by atoms with Gasteiger partial charge >= 0.3 is 0 Å². The molecule has 0 spiro atoms. The predicted octanol–water partition coefficient (Wildman–Crippen LogP) is 3.28. The van der Waals surface area contributed by atoms with E-state index in [0.29, 0.717) is 30.1 Å². The molecule has 0 unspecified atom stereocenters. The van der Waals surface area contributed by atoms with Gasteiger partial charge in [-0.1, -0.05) is 30.3 Å². The lowest BCUT2D eigenvalue weighted by atomic mass is 9.97. The number of carbonyl (C=O) groups excluding carboxylic acids is 2. The Hall–Kier alpha value is -2.58. The van der Waals surface area contributed by atoms with Crippen molar-refractivity contribution in [3.8, 4) is 5.75 Å². The molecule has 2 aromatic rings. The standard InChI is InChI=1S/C12H16O4.C12H16O3/c1-12(2,15)11(14)9-3-5-10(6-4-9)16-8-7-13;1-3-14-12(15-4-2)11(13)10-8-6-5-7-9-10/h3-6,13,15H,7-8H2,1-2H3;5-9,12H,3-4H2,1-2H3. The highest BCUT2D eigenvalue weighted by molar-refractivity contribution is 6.01. The molecule has 2 N–H and O–H groups in total. The van der Waals surface area contributed by atoms with Gasteiger partial charge in [0.15, 0.2) is 5.78 Å². The lowest BCUT2D eigenvalue weighted by Crippen LogP contribution is -2.30. The van der Waals surface area contributed by atoms with Crippen molar-refractivity contribution in [1.29, 1.82) is 0 Å². The van der Waals surface area contributed by atoms with Crippen molar-refractivity contribution in [2.24, 2.45) is 0 Å². The van der Waals surface area contributed by atoms with E-state index < -0.39 is 11.9 Å². The molecular weight excluding hydrogens is 400 g/mol. The molecule has 7 heteroatoms. The van der Waals surface area contributed by atoms with Crippen LogP contribution in [0.25, 0.3) is 0 Å². The highest BCUT2D eigenvalue weighted by Crippen LogP contribution is 2.17. The first-order valence-corrected chi connectivity index (χ1v) is 10.2. The van der Waals surface area contributed by atoms with Gasteiger partial charge in [-0.05, 0) is 52.0 Å². The Bertz CT molecular complexity index is 774. The van der Waals surface area contributed by atoms with E-state index in [1.807, 2.05) is 32.0 Å². The van der Waals surface area contributed by atoms with E-state index in [9.17, 15) is 14.7 Å². The molecule has 0 heterocycles. The second kappa shape index (κ2) is 13.7. The molecule has 0 aliphatic carbocycles. The zero-order chi connectivity index (χ0) is 23.3. The number of rotatable bonds is 11. The van der Waals surface area contributed by atoms with Crippen LogP contribution >= 0.6 is 0 Å². The minimum absolute atomic E-state index is 0.0512. The number of aliphatic hydroxyl groups excluding tert-OH is 1. The monoisotopic (exact) mass is 432 g/mol. The number of hydrogen-bond donors (Lipinski definition) is 2. The number of Topliss-reactive ketones (excluding diaryl/α,β-unsaturated/α-hetero) is 2. The van der Waals surface area contributed by atoms with Gasteiger partial charge in [-0.15, -0.1) is 0 Å². The lowest BCUT2D eigenvalue weighted by molar-refractivity contribution is -0.107. The van der Waals surface area contributed by atoms with Gasteiger partial charge in [0.2, 0.25) is 12.1 Å². The number of hydrogen-bond acceptors (Lipinski definition) is 7. The van der Waals surface area contributed by atoms with Crippen LogP contribution in [0, 0.1) is 0 Å². The SMILES string of the molecule is CC(C)(O)C(=O)c1ccc(OCCO)cc1.CCOC(OCC)C(=O)c1ccccc1. The summed E-state index contributed by atoms with van der Waals surface area (Å²) in [5, 5.41) is 18.1. The van der Waals surface area contributed by atoms with Crippen molar-refractivity contribution < 1.29 is 34.0 Å². The zero-order valence-corrected chi connectivity index (χ0v) is 18.5. The Kier molecular flexibility index (Phi) is 11.7. The Morgan fingerprint density at radius 3 is 1.90 bits per heavy atom. The molecule has 0 bridgehead atoms. The fraction of sp³-hybridized carbons (Fsp3) is 0.417. The average Bonchev–Trinajstić information content (AvgIpc) is 2.77. The molecule has 0 atom stereocenters. The van der Waals surface area contributed by atoms with E-state index in [0.717, 1.165) is 0 Å². The van der Waals surface area contributed by atoms with Crippen LogP contribution in [0.4, 0.5) is 0 Å². The third-order valence-corrected chi connectivity index (χ3v) is 3.94. The first-order chi connectivity index (χ1) is 14.7. The fourth-order valence-corrected chi connectivity index (χ4v) is 2.46. The normalized spacial score (nSPS) is 10.9. The first-order valence-electron chi connectivity index (χ1n) is 10.2. The van der Waals surface area contributed by atoms with Crippen LogP contribution in [0.15, 0.2) is 54.6 Å². The van der Waals surface area contributed by atoms with Gasteiger partial charge in [0.1, 0.15) is 18.0 Å². The molecule has 0 saturated carbocycles. The molecule has 2 aromatic carbocycles. The predicted molar refractivity (Wildman–Crippen MR) is 117 cm³/mol. The van der Waals surface area contributed by atoms with Gasteiger partial charge < -0.3 is 24.4 Å². The minimum Gasteiger partial charge on any atom is -0.491 e.